The number of alkyl halides is 1. The predicted molar refractivity (Wildman–Crippen MR) is 89.0 cm³/mol. The Hall–Kier alpha value is 0.480. The molecule has 0 saturated heterocycles. The summed E-state index contributed by atoms with van der Waals surface area (Å²) in [4.78, 5) is 0.807. The van der Waals surface area contributed by atoms with Crippen LogP contribution in [0.5, 0.6) is 0 Å². The molecule has 2 unspecified atom stereocenters. The van der Waals surface area contributed by atoms with Crippen LogP contribution in [0.4, 0.5) is 0 Å². The topological polar surface area (TPSA) is 0 Å². The van der Waals surface area contributed by atoms with Crippen molar-refractivity contribution in [1.82, 2.24) is 0 Å². The molecule has 2 rings (SSSR count). The van der Waals surface area contributed by atoms with Crippen LogP contribution in [0.25, 0.3) is 0 Å². The summed E-state index contributed by atoms with van der Waals surface area (Å²) in [6, 6.07) is 0. The molecule has 0 aromatic carbocycles. The van der Waals surface area contributed by atoms with E-state index < -0.39 is 0 Å². The molecule has 2 aliphatic rings. The van der Waals surface area contributed by atoms with Gasteiger partial charge in [-0.15, -0.1) is 0 Å². The molecule has 0 aromatic rings. The van der Waals surface area contributed by atoms with Crippen molar-refractivity contribution in [2.24, 2.45) is 11.8 Å². The van der Waals surface area contributed by atoms with Gasteiger partial charge in [-0.25, -0.2) is 0 Å². The van der Waals surface area contributed by atoms with Crippen LogP contribution in [-0.4, -0.2) is 4.83 Å². The van der Waals surface area contributed by atoms with Crippen LogP contribution in [0.15, 0.2) is 0 Å². The monoisotopic (exact) mass is 328 g/mol. The largest absolute Gasteiger partial charge is 0.0891 e. The van der Waals surface area contributed by atoms with Crippen LogP contribution in [0.1, 0.15) is 96.3 Å². The molecule has 1 heteroatoms. The summed E-state index contributed by atoms with van der Waals surface area (Å²) in [6.45, 7) is 0. The Balaban J connectivity index is 1.87. The number of hydrogen-bond acceptors (Lipinski definition) is 0. The van der Waals surface area contributed by atoms with E-state index in [0.29, 0.717) is 0 Å². The van der Waals surface area contributed by atoms with Gasteiger partial charge < -0.3 is 0 Å². The third-order valence-electron chi connectivity index (χ3n) is 5.47. The van der Waals surface area contributed by atoms with Crippen LogP contribution in [-0.2, 0) is 0 Å². The van der Waals surface area contributed by atoms with Gasteiger partial charge in [0.15, 0.2) is 0 Å². The van der Waals surface area contributed by atoms with E-state index in [2.05, 4.69) is 15.9 Å². The zero-order valence-corrected chi connectivity index (χ0v) is 14.3. The molecule has 2 atom stereocenters. The van der Waals surface area contributed by atoms with Gasteiger partial charge in [-0.3, -0.25) is 0 Å². The molecule has 0 aromatic heterocycles. The molecule has 19 heavy (non-hydrogen) atoms. The second-order valence-corrected chi connectivity index (χ2v) is 8.34. The van der Waals surface area contributed by atoms with Gasteiger partial charge in [0.1, 0.15) is 0 Å². The van der Waals surface area contributed by atoms with Crippen molar-refractivity contribution >= 4 is 15.9 Å². The lowest BCUT2D eigenvalue weighted by Gasteiger charge is -2.31. The Morgan fingerprint density at radius 2 is 0.895 bits per heavy atom. The van der Waals surface area contributed by atoms with Crippen molar-refractivity contribution in [1.29, 1.82) is 0 Å². The normalized spacial score (nSPS) is 33.3. The minimum absolute atomic E-state index is 0.807. The van der Waals surface area contributed by atoms with Crippen molar-refractivity contribution < 1.29 is 0 Å². The van der Waals surface area contributed by atoms with E-state index >= 15 is 0 Å². The molecule has 0 spiro atoms. The van der Waals surface area contributed by atoms with Crippen molar-refractivity contribution in [3.05, 3.63) is 0 Å². The molecule has 0 bridgehead atoms. The SMILES string of the molecule is BrC1CCCCCCCC(C2CCCCCCC2)C1. The number of halogens is 1. The van der Waals surface area contributed by atoms with Gasteiger partial charge in [0.05, 0.1) is 0 Å². The third-order valence-corrected chi connectivity index (χ3v) is 6.30. The molecular formula is C18H33Br. The summed E-state index contributed by atoms with van der Waals surface area (Å²) in [5, 5.41) is 0. The van der Waals surface area contributed by atoms with E-state index in [0.717, 1.165) is 16.7 Å². The number of rotatable bonds is 1. The van der Waals surface area contributed by atoms with E-state index in [9.17, 15) is 0 Å². The van der Waals surface area contributed by atoms with Crippen LogP contribution >= 0.6 is 15.9 Å². The zero-order chi connectivity index (χ0) is 13.3. The zero-order valence-electron chi connectivity index (χ0n) is 12.7. The summed E-state index contributed by atoms with van der Waals surface area (Å²) >= 11 is 3.98. The molecule has 2 fully saturated rings. The fourth-order valence-corrected chi connectivity index (χ4v) is 5.06. The average Bonchev–Trinajstić information content (AvgIpc) is 2.36. The molecular weight excluding hydrogens is 296 g/mol. The van der Waals surface area contributed by atoms with Crippen LogP contribution in [0.3, 0.4) is 0 Å². The highest BCUT2D eigenvalue weighted by Crippen LogP contribution is 2.36. The molecule has 2 aliphatic carbocycles. The first-order chi connectivity index (χ1) is 9.36. The highest BCUT2D eigenvalue weighted by atomic mass is 79.9. The molecule has 0 amide bonds. The predicted octanol–water partition coefficient (Wildman–Crippen LogP) is 6.86. The summed E-state index contributed by atoms with van der Waals surface area (Å²) in [5.74, 6) is 2.08. The first kappa shape index (κ1) is 15.9. The van der Waals surface area contributed by atoms with E-state index in [1.54, 1.807) is 0 Å². The van der Waals surface area contributed by atoms with E-state index in [1.807, 2.05) is 0 Å². The van der Waals surface area contributed by atoms with Gasteiger partial charge in [0, 0.05) is 4.83 Å². The Morgan fingerprint density at radius 3 is 1.47 bits per heavy atom. The fraction of sp³-hybridized carbons (Fsp3) is 1.00. The fourth-order valence-electron chi connectivity index (χ4n) is 4.25. The van der Waals surface area contributed by atoms with Crippen molar-refractivity contribution in [3.8, 4) is 0 Å². The minimum atomic E-state index is 0.807. The molecule has 0 nitrogen and oxygen atoms in total. The first-order valence-electron chi connectivity index (χ1n) is 9.00. The van der Waals surface area contributed by atoms with Gasteiger partial charge >= 0.3 is 0 Å². The average molecular weight is 329 g/mol. The highest BCUT2D eigenvalue weighted by molar-refractivity contribution is 9.09. The molecule has 0 N–H and O–H groups in total. The van der Waals surface area contributed by atoms with Crippen molar-refractivity contribution in [3.63, 3.8) is 0 Å². The van der Waals surface area contributed by atoms with Crippen molar-refractivity contribution in [2.75, 3.05) is 0 Å². The Morgan fingerprint density at radius 1 is 0.474 bits per heavy atom. The summed E-state index contributed by atoms with van der Waals surface area (Å²) in [7, 11) is 0. The second kappa shape index (κ2) is 9.42. The first-order valence-corrected chi connectivity index (χ1v) is 9.92. The van der Waals surface area contributed by atoms with Crippen LogP contribution in [0.2, 0.25) is 0 Å². The van der Waals surface area contributed by atoms with Gasteiger partial charge in [-0.05, 0) is 24.7 Å². The van der Waals surface area contributed by atoms with Gasteiger partial charge in [-0.1, -0.05) is 99.4 Å². The molecule has 0 aliphatic heterocycles. The lowest BCUT2D eigenvalue weighted by atomic mass is 9.76. The van der Waals surface area contributed by atoms with Gasteiger partial charge in [0.25, 0.3) is 0 Å². The lowest BCUT2D eigenvalue weighted by Crippen LogP contribution is -2.20. The Bertz CT molecular complexity index is 218. The molecule has 2 saturated carbocycles. The summed E-state index contributed by atoms with van der Waals surface area (Å²) < 4.78 is 0. The maximum atomic E-state index is 3.98. The number of hydrogen-bond donors (Lipinski definition) is 0. The molecule has 0 radical (unpaired) electrons. The van der Waals surface area contributed by atoms with Gasteiger partial charge in [-0.2, -0.15) is 0 Å². The molecule has 112 valence electrons. The second-order valence-electron chi connectivity index (χ2n) is 7.04. The van der Waals surface area contributed by atoms with Crippen LogP contribution < -0.4 is 0 Å². The Kier molecular flexibility index (Phi) is 7.87. The minimum Gasteiger partial charge on any atom is -0.0891 e. The maximum absolute atomic E-state index is 3.98. The third kappa shape index (κ3) is 6.19. The van der Waals surface area contributed by atoms with Crippen molar-refractivity contribution in [2.45, 2.75) is 101 Å². The van der Waals surface area contributed by atoms with E-state index in [1.165, 1.54) is 96.3 Å². The van der Waals surface area contributed by atoms with E-state index in [4.69, 9.17) is 0 Å². The standard InChI is InChI=1S/C18H33Br/c19-18-14-10-6-2-5-9-13-17(15-18)16-11-7-3-1-4-8-12-16/h16-18H,1-15H2. The molecule has 0 heterocycles. The highest BCUT2D eigenvalue weighted by Gasteiger charge is 2.24. The van der Waals surface area contributed by atoms with Crippen LogP contribution in [0, 0.1) is 11.8 Å². The quantitative estimate of drug-likeness (QED) is 0.461. The Labute approximate surface area is 129 Å². The maximum Gasteiger partial charge on any atom is 0.0148 e. The van der Waals surface area contributed by atoms with Gasteiger partial charge in [0.2, 0.25) is 0 Å². The summed E-state index contributed by atoms with van der Waals surface area (Å²) in [5.41, 5.74) is 0. The van der Waals surface area contributed by atoms with E-state index in [-0.39, 0.29) is 0 Å². The lowest BCUT2D eigenvalue weighted by molar-refractivity contribution is 0.228. The smallest absolute Gasteiger partial charge is 0.0148 e. The summed E-state index contributed by atoms with van der Waals surface area (Å²) in [6.07, 6.45) is 22.4.